The summed E-state index contributed by atoms with van der Waals surface area (Å²) in [7, 11) is 0. The van der Waals surface area contributed by atoms with E-state index in [1.807, 2.05) is 32.0 Å². The number of aromatic nitrogens is 2. The third-order valence-corrected chi connectivity index (χ3v) is 3.48. The Hall–Kier alpha value is -1.20. The van der Waals surface area contributed by atoms with Crippen molar-refractivity contribution in [1.29, 1.82) is 0 Å². The Labute approximate surface area is 115 Å². The first-order valence-corrected chi connectivity index (χ1v) is 6.74. The summed E-state index contributed by atoms with van der Waals surface area (Å²) in [4.78, 5) is 4.38. The molecule has 1 aromatic carbocycles. The van der Waals surface area contributed by atoms with Crippen molar-refractivity contribution in [1.82, 2.24) is 10.1 Å². The first-order valence-electron chi connectivity index (χ1n) is 5.95. The summed E-state index contributed by atoms with van der Waals surface area (Å²) < 4.78 is 6.23. The zero-order chi connectivity index (χ0) is 13.1. The van der Waals surface area contributed by atoms with Gasteiger partial charge in [0.25, 0.3) is 5.89 Å². The highest BCUT2D eigenvalue weighted by Crippen LogP contribution is 2.27. The number of benzene rings is 1. The number of nitrogens with two attached hydrogens (primary N) is 1. The summed E-state index contributed by atoms with van der Waals surface area (Å²) >= 11 is 3.49. The second-order valence-corrected chi connectivity index (χ2v) is 5.23. The molecule has 4 nitrogen and oxygen atoms in total. The second kappa shape index (κ2) is 5.63. The van der Waals surface area contributed by atoms with Gasteiger partial charge in [0, 0.05) is 16.9 Å². The van der Waals surface area contributed by atoms with Crippen LogP contribution in [0, 0.1) is 6.92 Å². The van der Waals surface area contributed by atoms with Gasteiger partial charge in [-0.3, -0.25) is 0 Å². The zero-order valence-corrected chi connectivity index (χ0v) is 12.1. The molecule has 1 heterocycles. The maximum Gasteiger partial charge on any atom is 0.259 e. The molecule has 1 aromatic heterocycles. The van der Waals surface area contributed by atoms with Crippen molar-refractivity contribution in [2.45, 2.75) is 32.7 Å². The Kier molecular flexibility index (Phi) is 4.14. The van der Waals surface area contributed by atoms with Gasteiger partial charge >= 0.3 is 0 Å². The van der Waals surface area contributed by atoms with Crippen molar-refractivity contribution in [3.63, 3.8) is 0 Å². The lowest BCUT2D eigenvalue weighted by Crippen LogP contribution is -2.21. The van der Waals surface area contributed by atoms with Gasteiger partial charge in [0.15, 0.2) is 5.82 Å². The normalized spacial score (nSPS) is 12.7. The summed E-state index contributed by atoms with van der Waals surface area (Å²) in [6.07, 6.45) is 1.54. The third kappa shape index (κ3) is 2.97. The van der Waals surface area contributed by atoms with Crippen molar-refractivity contribution in [2.24, 2.45) is 5.73 Å². The van der Waals surface area contributed by atoms with Gasteiger partial charge in [-0.2, -0.15) is 4.98 Å². The van der Waals surface area contributed by atoms with E-state index in [1.165, 1.54) is 0 Å². The second-order valence-electron chi connectivity index (χ2n) is 4.37. The molecule has 0 aliphatic rings. The van der Waals surface area contributed by atoms with E-state index >= 15 is 0 Å². The van der Waals surface area contributed by atoms with Crippen LogP contribution in [0.5, 0.6) is 0 Å². The van der Waals surface area contributed by atoms with Crippen molar-refractivity contribution >= 4 is 15.9 Å². The van der Waals surface area contributed by atoms with Crippen LogP contribution in [0.25, 0.3) is 11.5 Å². The Morgan fingerprint density at radius 2 is 2.22 bits per heavy atom. The Morgan fingerprint density at radius 1 is 1.44 bits per heavy atom. The van der Waals surface area contributed by atoms with Crippen LogP contribution >= 0.6 is 15.9 Å². The topological polar surface area (TPSA) is 64.9 Å². The molecule has 2 rings (SSSR count). The van der Waals surface area contributed by atoms with E-state index in [1.54, 1.807) is 0 Å². The van der Waals surface area contributed by atoms with Crippen molar-refractivity contribution < 1.29 is 4.52 Å². The van der Waals surface area contributed by atoms with E-state index in [9.17, 15) is 0 Å². The van der Waals surface area contributed by atoms with Crippen LogP contribution in [0.15, 0.2) is 27.2 Å². The molecule has 0 spiro atoms. The minimum Gasteiger partial charge on any atom is -0.334 e. The molecular weight excluding hydrogens is 294 g/mol. The van der Waals surface area contributed by atoms with Gasteiger partial charge < -0.3 is 10.3 Å². The minimum absolute atomic E-state index is 0.0800. The Morgan fingerprint density at radius 3 is 2.94 bits per heavy atom. The molecular formula is C13H16BrN3O. The first-order chi connectivity index (χ1) is 8.60. The first kappa shape index (κ1) is 13.2. The summed E-state index contributed by atoms with van der Waals surface area (Å²) in [5, 5.41) is 3.96. The highest BCUT2D eigenvalue weighted by molar-refractivity contribution is 9.10. The summed E-state index contributed by atoms with van der Waals surface area (Å²) in [5.74, 6) is 1.19. The summed E-state index contributed by atoms with van der Waals surface area (Å²) in [6.45, 7) is 4.07. The number of nitrogens with zero attached hydrogens (tertiary/aromatic N) is 2. The highest BCUT2D eigenvalue weighted by atomic mass is 79.9. The Balaban J connectivity index is 2.26. The molecule has 18 heavy (non-hydrogen) atoms. The zero-order valence-electron chi connectivity index (χ0n) is 10.5. The SMILES string of the molecule is CCC(N)Cc1noc(-c2cc(C)ccc2Br)n1. The molecule has 96 valence electrons. The van der Waals surface area contributed by atoms with Crippen molar-refractivity contribution in [3.05, 3.63) is 34.1 Å². The number of rotatable bonds is 4. The molecule has 0 aliphatic heterocycles. The fourth-order valence-electron chi connectivity index (χ4n) is 1.63. The van der Waals surface area contributed by atoms with Gasteiger partial charge in [0.05, 0.1) is 5.56 Å². The molecule has 2 N–H and O–H groups in total. The van der Waals surface area contributed by atoms with E-state index in [0.29, 0.717) is 18.1 Å². The number of hydrogen-bond acceptors (Lipinski definition) is 4. The largest absolute Gasteiger partial charge is 0.334 e. The average Bonchev–Trinajstić information content (AvgIpc) is 2.80. The molecule has 2 aromatic rings. The third-order valence-electron chi connectivity index (χ3n) is 2.79. The number of hydrogen-bond donors (Lipinski definition) is 1. The molecule has 0 saturated carbocycles. The van der Waals surface area contributed by atoms with Crippen LogP contribution in [0.4, 0.5) is 0 Å². The monoisotopic (exact) mass is 309 g/mol. The van der Waals surface area contributed by atoms with Crippen molar-refractivity contribution in [3.8, 4) is 11.5 Å². The lowest BCUT2D eigenvalue weighted by Gasteiger charge is -2.03. The maximum absolute atomic E-state index is 5.88. The van der Waals surface area contributed by atoms with Gasteiger partial charge in [0.1, 0.15) is 0 Å². The predicted molar refractivity (Wildman–Crippen MR) is 74.1 cm³/mol. The summed E-state index contributed by atoms with van der Waals surface area (Å²) in [6, 6.07) is 6.10. The van der Waals surface area contributed by atoms with Gasteiger partial charge in [-0.05, 0) is 41.4 Å². The van der Waals surface area contributed by atoms with Crippen LogP contribution in [-0.4, -0.2) is 16.2 Å². The molecule has 0 radical (unpaired) electrons. The average molecular weight is 310 g/mol. The fraction of sp³-hybridized carbons (Fsp3) is 0.385. The molecule has 0 saturated heterocycles. The van der Waals surface area contributed by atoms with Gasteiger partial charge in [-0.25, -0.2) is 0 Å². The predicted octanol–water partition coefficient (Wildman–Crippen LogP) is 3.09. The molecule has 0 amide bonds. The van der Waals surface area contributed by atoms with E-state index < -0.39 is 0 Å². The molecule has 0 bridgehead atoms. The molecule has 5 heteroatoms. The lowest BCUT2D eigenvalue weighted by molar-refractivity contribution is 0.419. The van der Waals surface area contributed by atoms with E-state index in [0.717, 1.165) is 22.0 Å². The summed E-state index contributed by atoms with van der Waals surface area (Å²) in [5.41, 5.74) is 7.94. The fourth-order valence-corrected chi connectivity index (χ4v) is 2.04. The van der Waals surface area contributed by atoms with Gasteiger partial charge in [-0.1, -0.05) is 23.7 Å². The van der Waals surface area contributed by atoms with Crippen LogP contribution in [0.2, 0.25) is 0 Å². The molecule has 1 atom stereocenters. The highest BCUT2D eigenvalue weighted by Gasteiger charge is 2.13. The smallest absolute Gasteiger partial charge is 0.259 e. The van der Waals surface area contributed by atoms with E-state index in [4.69, 9.17) is 10.3 Å². The quantitative estimate of drug-likeness (QED) is 0.942. The maximum atomic E-state index is 5.88. The van der Waals surface area contributed by atoms with E-state index in [-0.39, 0.29) is 6.04 Å². The van der Waals surface area contributed by atoms with Gasteiger partial charge in [0.2, 0.25) is 0 Å². The lowest BCUT2D eigenvalue weighted by atomic mass is 10.1. The molecule has 0 aliphatic carbocycles. The van der Waals surface area contributed by atoms with E-state index in [2.05, 4.69) is 26.1 Å². The molecule has 1 unspecified atom stereocenters. The Bertz CT molecular complexity index is 539. The minimum atomic E-state index is 0.0800. The standard InChI is InChI=1S/C13H16BrN3O/c1-3-9(15)7-12-16-13(18-17-12)10-6-8(2)4-5-11(10)14/h4-6,9H,3,7,15H2,1-2H3. The molecule has 0 fully saturated rings. The van der Waals surface area contributed by atoms with Crippen molar-refractivity contribution in [2.75, 3.05) is 0 Å². The van der Waals surface area contributed by atoms with Crippen LogP contribution in [0.1, 0.15) is 24.7 Å². The number of halogens is 1. The van der Waals surface area contributed by atoms with Crippen LogP contribution in [0.3, 0.4) is 0 Å². The van der Waals surface area contributed by atoms with Gasteiger partial charge in [-0.15, -0.1) is 0 Å². The van der Waals surface area contributed by atoms with Crippen LogP contribution in [-0.2, 0) is 6.42 Å². The van der Waals surface area contributed by atoms with Crippen LogP contribution < -0.4 is 5.73 Å². The number of aryl methyl sites for hydroxylation is 1.